The van der Waals surface area contributed by atoms with E-state index in [0.29, 0.717) is 16.9 Å². The quantitative estimate of drug-likeness (QED) is 0.199. The van der Waals surface area contributed by atoms with E-state index in [4.69, 9.17) is 13.1 Å². The number of nitriles is 1. The van der Waals surface area contributed by atoms with Crippen LogP contribution in [0.15, 0.2) is 127 Å². The van der Waals surface area contributed by atoms with Crippen LogP contribution in [0.2, 0.25) is 0 Å². The summed E-state index contributed by atoms with van der Waals surface area (Å²) in [4.78, 5) is 7.59. The van der Waals surface area contributed by atoms with Crippen LogP contribution in [0.3, 0.4) is 0 Å². The molecule has 2 aromatic heterocycles. The van der Waals surface area contributed by atoms with E-state index in [0.717, 1.165) is 66.1 Å². The number of aromatic nitrogens is 2. The molecular formula is C39H21N5. The highest BCUT2D eigenvalue weighted by Gasteiger charge is 2.22. The largest absolute Gasteiger partial charge is 0.319 e. The van der Waals surface area contributed by atoms with Crippen molar-refractivity contribution in [3.8, 4) is 28.6 Å². The van der Waals surface area contributed by atoms with E-state index in [9.17, 15) is 5.26 Å². The first kappa shape index (κ1) is 25.1. The Morgan fingerprint density at radius 3 is 1.91 bits per heavy atom. The number of fused-ring (bicyclic) bond motifs is 6. The van der Waals surface area contributed by atoms with Crippen molar-refractivity contribution in [3.05, 3.63) is 156 Å². The minimum Gasteiger partial charge on any atom is -0.319 e. The summed E-state index contributed by atoms with van der Waals surface area (Å²) in [6, 6.07) is 44.5. The lowest BCUT2D eigenvalue weighted by molar-refractivity contribution is 1.17. The van der Waals surface area contributed by atoms with Gasteiger partial charge in [0.05, 0.1) is 52.5 Å². The van der Waals surface area contributed by atoms with Crippen molar-refractivity contribution in [2.24, 2.45) is 0 Å². The Morgan fingerprint density at radius 2 is 1.18 bits per heavy atom. The van der Waals surface area contributed by atoms with E-state index in [1.165, 1.54) is 0 Å². The molecule has 8 rings (SSSR count). The van der Waals surface area contributed by atoms with Crippen LogP contribution in [-0.2, 0) is 0 Å². The maximum absolute atomic E-state index is 9.45. The van der Waals surface area contributed by atoms with Crippen LogP contribution in [0.5, 0.6) is 0 Å². The first-order chi connectivity index (χ1) is 21.7. The Morgan fingerprint density at radius 1 is 0.545 bits per heavy atom. The maximum atomic E-state index is 9.45. The number of hydrogen-bond acceptors (Lipinski definition) is 1. The molecular weight excluding hydrogens is 538 g/mol. The Kier molecular flexibility index (Phi) is 5.56. The fourth-order valence-electron chi connectivity index (χ4n) is 6.53. The smallest absolute Gasteiger partial charge is 0.210 e. The summed E-state index contributed by atoms with van der Waals surface area (Å²) in [5.74, 6) is 0. The van der Waals surface area contributed by atoms with E-state index in [-0.39, 0.29) is 0 Å². The van der Waals surface area contributed by atoms with Gasteiger partial charge in [-0.05, 0) is 53.9 Å². The number of para-hydroxylation sites is 5. The highest BCUT2D eigenvalue weighted by atomic mass is 15.0. The van der Waals surface area contributed by atoms with Crippen LogP contribution >= 0.6 is 0 Å². The van der Waals surface area contributed by atoms with Gasteiger partial charge in [-0.3, -0.25) is 0 Å². The van der Waals surface area contributed by atoms with Gasteiger partial charge in [0.1, 0.15) is 0 Å². The van der Waals surface area contributed by atoms with E-state index in [1.54, 1.807) is 0 Å². The van der Waals surface area contributed by atoms with Crippen molar-refractivity contribution in [1.82, 2.24) is 9.13 Å². The molecule has 6 aromatic carbocycles. The molecule has 0 saturated carbocycles. The zero-order chi connectivity index (χ0) is 29.8. The van der Waals surface area contributed by atoms with Gasteiger partial charge in [-0.25, -0.2) is 9.69 Å². The first-order valence-corrected chi connectivity index (χ1v) is 14.2. The minimum atomic E-state index is 0.556. The molecule has 0 bridgehead atoms. The SMILES string of the molecule is [C-]#[N+]c1ccc2c(c1)c1cccc(-c3cccc4c5ccccc5n(-c5ccc(C#N)cc5)c34)c1n2-c1ccccc1[N+]#[C-]. The highest BCUT2D eigenvalue weighted by Crippen LogP contribution is 2.44. The zero-order valence-electron chi connectivity index (χ0n) is 23.4. The number of benzene rings is 6. The molecule has 44 heavy (non-hydrogen) atoms. The van der Waals surface area contributed by atoms with Crippen LogP contribution in [0.4, 0.5) is 11.4 Å². The van der Waals surface area contributed by atoms with E-state index in [1.807, 2.05) is 66.7 Å². The normalized spacial score (nSPS) is 11.1. The van der Waals surface area contributed by atoms with Gasteiger partial charge in [0, 0.05) is 33.0 Å². The number of nitrogens with zero attached hydrogens (tertiary/aromatic N) is 5. The maximum Gasteiger partial charge on any atom is 0.210 e. The third-order valence-corrected chi connectivity index (χ3v) is 8.38. The van der Waals surface area contributed by atoms with E-state index in [2.05, 4.69) is 85.6 Å². The van der Waals surface area contributed by atoms with Crippen molar-refractivity contribution in [2.45, 2.75) is 0 Å². The second-order valence-corrected chi connectivity index (χ2v) is 10.7. The average molecular weight is 560 g/mol. The zero-order valence-corrected chi connectivity index (χ0v) is 23.4. The van der Waals surface area contributed by atoms with Crippen LogP contribution in [0, 0.1) is 24.5 Å². The Bertz CT molecular complexity index is 2580. The molecule has 0 atom stereocenters. The summed E-state index contributed by atoms with van der Waals surface area (Å²) < 4.78 is 4.45. The van der Waals surface area contributed by atoms with Gasteiger partial charge in [-0.2, -0.15) is 5.26 Å². The van der Waals surface area contributed by atoms with Gasteiger partial charge in [-0.1, -0.05) is 78.9 Å². The molecule has 0 spiro atoms. The van der Waals surface area contributed by atoms with Crippen molar-refractivity contribution in [2.75, 3.05) is 0 Å². The molecule has 2 heterocycles. The molecule has 0 aliphatic heterocycles. The van der Waals surface area contributed by atoms with Crippen LogP contribution < -0.4 is 0 Å². The lowest BCUT2D eigenvalue weighted by atomic mass is 9.99. The summed E-state index contributed by atoms with van der Waals surface area (Å²) in [5, 5.41) is 13.7. The summed E-state index contributed by atoms with van der Waals surface area (Å²) in [7, 11) is 0. The average Bonchev–Trinajstić information content (AvgIpc) is 3.61. The van der Waals surface area contributed by atoms with Gasteiger partial charge in [0.15, 0.2) is 5.69 Å². The molecule has 0 radical (unpaired) electrons. The summed E-state index contributed by atoms with van der Waals surface area (Å²) in [6.07, 6.45) is 0. The first-order valence-electron chi connectivity index (χ1n) is 14.2. The predicted molar refractivity (Wildman–Crippen MR) is 178 cm³/mol. The standard InChI is InChI=1S/C39H21N5/c1-41-26-19-22-36-33(23-26)32-13-8-12-31(39(32)44(36)37-16-6-4-14-34(37)42-2)30-11-7-10-29-28-9-3-5-15-35(28)43(38(29)30)27-20-17-25(24-40)18-21-27/h3-23H. The second-order valence-electron chi connectivity index (χ2n) is 10.7. The second kappa shape index (κ2) is 9.74. The van der Waals surface area contributed by atoms with Gasteiger partial charge in [0.2, 0.25) is 5.69 Å². The molecule has 0 unspecified atom stereocenters. The third kappa shape index (κ3) is 3.56. The van der Waals surface area contributed by atoms with Gasteiger partial charge < -0.3 is 9.13 Å². The number of hydrogen-bond donors (Lipinski definition) is 0. The van der Waals surface area contributed by atoms with Crippen LogP contribution in [-0.4, -0.2) is 9.13 Å². The van der Waals surface area contributed by atoms with Crippen LogP contribution in [0.25, 0.3) is 75.8 Å². The molecule has 0 aliphatic rings. The summed E-state index contributed by atoms with van der Waals surface area (Å²) in [6.45, 7) is 15.6. The molecule has 5 heteroatoms. The topological polar surface area (TPSA) is 42.4 Å². The predicted octanol–water partition coefficient (Wildman–Crippen LogP) is 10.5. The minimum absolute atomic E-state index is 0.556. The fraction of sp³-hybridized carbons (Fsp3) is 0. The lowest BCUT2D eigenvalue weighted by Gasteiger charge is -2.15. The molecule has 0 aliphatic carbocycles. The molecule has 0 saturated heterocycles. The summed E-state index contributed by atoms with van der Waals surface area (Å²) in [5.41, 5.74) is 9.62. The highest BCUT2D eigenvalue weighted by molar-refractivity contribution is 6.19. The Balaban J connectivity index is 1.56. The summed E-state index contributed by atoms with van der Waals surface area (Å²) >= 11 is 0. The lowest BCUT2D eigenvalue weighted by Crippen LogP contribution is -1.98. The van der Waals surface area contributed by atoms with Crippen molar-refractivity contribution in [1.29, 1.82) is 5.26 Å². The van der Waals surface area contributed by atoms with Gasteiger partial charge >= 0.3 is 0 Å². The van der Waals surface area contributed by atoms with Crippen LogP contribution in [0.1, 0.15) is 5.56 Å². The molecule has 8 aromatic rings. The fourth-order valence-corrected chi connectivity index (χ4v) is 6.53. The number of rotatable bonds is 3. The molecule has 0 amide bonds. The molecule has 0 fully saturated rings. The van der Waals surface area contributed by atoms with Gasteiger partial charge in [-0.15, -0.1) is 0 Å². The van der Waals surface area contributed by atoms with Gasteiger partial charge in [0.25, 0.3) is 0 Å². The molecule has 5 nitrogen and oxygen atoms in total. The van der Waals surface area contributed by atoms with Crippen molar-refractivity contribution < 1.29 is 0 Å². The molecule has 0 N–H and O–H groups in total. The van der Waals surface area contributed by atoms with Crippen molar-refractivity contribution >= 4 is 55.0 Å². The third-order valence-electron chi connectivity index (χ3n) is 8.38. The Labute approximate surface area is 253 Å². The molecule has 202 valence electrons. The monoisotopic (exact) mass is 559 g/mol. The van der Waals surface area contributed by atoms with E-state index >= 15 is 0 Å². The van der Waals surface area contributed by atoms with E-state index < -0.39 is 0 Å². The van der Waals surface area contributed by atoms with Crippen molar-refractivity contribution in [3.63, 3.8) is 0 Å². The Hall–Kier alpha value is -6.61.